The predicted octanol–water partition coefficient (Wildman–Crippen LogP) is 2.82. The van der Waals surface area contributed by atoms with Crippen LogP contribution in [0.2, 0.25) is 10.4 Å². The highest BCUT2D eigenvalue weighted by Gasteiger charge is 2.05. The fraction of sp³-hybridized carbons (Fsp3) is 0.500. The number of ether oxygens (including phenoxy) is 1. The van der Waals surface area contributed by atoms with E-state index in [0.29, 0.717) is 18.3 Å². The van der Waals surface area contributed by atoms with Crippen molar-refractivity contribution in [2.75, 3.05) is 6.61 Å². The van der Waals surface area contributed by atoms with Gasteiger partial charge < -0.3 is 4.74 Å². The van der Waals surface area contributed by atoms with Crippen molar-refractivity contribution in [1.29, 1.82) is 0 Å². The minimum atomic E-state index is 0.127. The Kier molecular flexibility index (Phi) is 3.75. The summed E-state index contributed by atoms with van der Waals surface area (Å²) in [5, 5.41) is 0.377. The van der Waals surface area contributed by atoms with Crippen LogP contribution in [-0.4, -0.2) is 16.6 Å². The van der Waals surface area contributed by atoms with Crippen molar-refractivity contribution in [3.05, 3.63) is 16.6 Å². The molecule has 1 heterocycles. The summed E-state index contributed by atoms with van der Waals surface area (Å²) >= 11 is 11.3. The molecule has 0 unspecified atom stereocenters. The second kappa shape index (κ2) is 4.63. The summed E-state index contributed by atoms with van der Waals surface area (Å²) in [4.78, 5) is 7.51. The van der Waals surface area contributed by atoms with E-state index in [2.05, 4.69) is 9.97 Å². The van der Waals surface area contributed by atoms with Crippen LogP contribution in [0, 0.1) is 5.92 Å². The number of halogens is 2. The molecule has 0 bridgehead atoms. The van der Waals surface area contributed by atoms with Crippen LogP contribution in [0.5, 0.6) is 5.75 Å². The van der Waals surface area contributed by atoms with E-state index in [0.717, 1.165) is 0 Å². The van der Waals surface area contributed by atoms with Gasteiger partial charge in [0.2, 0.25) is 5.28 Å². The van der Waals surface area contributed by atoms with Crippen LogP contribution < -0.4 is 4.74 Å². The van der Waals surface area contributed by atoms with Gasteiger partial charge in [-0.25, -0.2) is 9.97 Å². The van der Waals surface area contributed by atoms with Crippen LogP contribution in [-0.2, 0) is 0 Å². The lowest BCUT2D eigenvalue weighted by Crippen LogP contribution is -2.05. The summed E-state index contributed by atoms with van der Waals surface area (Å²) in [7, 11) is 0. The largest absolute Gasteiger partial charge is 0.488 e. The van der Waals surface area contributed by atoms with Crippen molar-refractivity contribution in [2.24, 2.45) is 5.92 Å². The minimum absolute atomic E-state index is 0.127. The Morgan fingerprint density at radius 3 is 2.69 bits per heavy atom. The lowest BCUT2D eigenvalue weighted by molar-refractivity contribution is 0.269. The Hall–Kier alpha value is -0.540. The second-order valence-electron chi connectivity index (χ2n) is 3.00. The van der Waals surface area contributed by atoms with E-state index in [4.69, 9.17) is 27.9 Å². The van der Waals surface area contributed by atoms with Gasteiger partial charge in [-0.3, -0.25) is 0 Å². The van der Waals surface area contributed by atoms with Crippen LogP contribution >= 0.6 is 23.2 Å². The molecule has 1 rings (SSSR count). The molecule has 0 fully saturated rings. The Labute approximate surface area is 87.1 Å². The van der Waals surface area contributed by atoms with Gasteiger partial charge in [-0.15, -0.1) is 0 Å². The summed E-state index contributed by atoms with van der Waals surface area (Å²) in [6.45, 7) is 4.68. The van der Waals surface area contributed by atoms with E-state index in [9.17, 15) is 0 Å². The smallest absolute Gasteiger partial charge is 0.224 e. The number of rotatable bonds is 3. The first-order chi connectivity index (χ1) is 6.09. The van der Waals surface area contributed by atoms with Crippen LogP contribution in [0.4, 0.5) is 0 Å². The summed E-state index contributed by atoms with van der Waals surface area (Å²) in [6, 6.07) is 0. The molecular formula is C8H10Cl2N2O. The van der Waals surface area contributed by atoms with Gasteiger partial charge >= 0.3 is 0 Å². The number of hydrogen-bond donors (Lipinski definition) is 0. The van der Waals surface area contributed by atoms with Crippen LogP contribution in [0.15, 0.2) is 6.20 Å². The fourth-order valence-electron chi connectivity index (χ4n) is 0.683. The molecule has 0 amide bonds. The second-order valence-corrected chi connectivity index (χ2v) is 3.70. The zero-order valence-electron chi connectivity index (χ0n) is 7.42. The monoisotopic (exact) mass is 220 g/mol. The highest BCUT2D eigenvalue weighted by atomic mass is 35.5. The molecule has 0 atom stereocenters. The predicted molar refractivity (Wildman–Crippen MR) is 52.4 cm³/mol. The van der Waals surface area contributed by atoms with Gasteiger partial charge in [0.05, 0.1) is 12.8 Å². The van der Waals surface area contributed by atoms with Gasteiger partial charge in [-0.05, 0) is 17.5 Å². The fourth-order valence-corrected chi connectivity index (χ4v) is 1.04. The van der Waals surface area contributed by atoms with E-state index < -0.39 is 0 Å². The van der Waals surface area contributed by atoms with Crippen LogP contribution in [0.1, 0.15) is 13.8 Å². The maximum atomic E-state index is 5.75. The molecule has 5 heteroatoms. The molecule has 0 saturated carbocycles. The van der Waals surface area contributed by atoms with Crippen LogP contribution in [0.3, 0.4) is 0 Å². The van der Waals surface area contributed by atoms with Gasteiger partial charge in [-0.1, -0.05) is 25.4 Å². The molecule has 0 aromatic carbocycles. The normalized spacial score (nSPS) is 10.5. The van der Waals surface area contributed by atoms with E-state index >= 15 is 0 Å². The first kappa shape index (κ1) is 10.5. The Morgan fingerprint density at radius 2 is 2.15 bits per heavy atom. The zero-order valence-corrected chi connectivity index (χ0v) is 8.93. The Bertz CT molecular complexity index is 291. The van der Waals surface area contributed by atoms with Gasteiger partial charge in [-0.2, -0.15) is 0 Å². The first-order valence-corrected chi connectivity index (χ1v) is 4.66. The third-order valence-electron chi connectivity index (χ3n) is 1.25. The zero-order chi connectivity index (χ0) is 9.84. The highest BCUT2D eigenvalue weighted by molar-refractivity contribution is 6.32. The van der Waals surface area contributed by atoms with Crippen molar-refractivity contribution in [3.8, 4) is 5.75 Å². The standard InChI is InChI=1S/C8H10Cl2N2O/c1-5(2)4-13-6-3-11-8(10)12-7(6)9/h3,5H,4H2,1-2H3. The minimum Gasteiger partial charge on any atom is -0.488 e. The summed E-state index contributed by atoms with van der Waals surface area (Å²) in [5.41, 5.74) is 0. The molecule has 0 N–H and O–H groups in total. The molecule has 0 aliphatic rings. The van der Waals surface area contributed by atoms with Crippen molar-refractivity contribution >= 4 is 23.2 Å². The third-order valence-corrected chi connectivity index (χ3v) is 1.71. The molecule has 1 aromatic heterocycles. The molecule has 0 radical (unpaired) electrons. The summed E-state index contributed by atoms with van der Waals surface area (Å²) in [6.07, 6.45) is 1.47. The van der Waals surface area contributed by atoms with Crippen molar-refractivity contribution in [1.82, 2.24) is 9.97 Å². The average molecular weight is 221 g/mol. The molecule has 1 aromatic rings. The van der Waals surface area contributed by atoms with Crippen molar-refractivity contribution in [2.45, 2.75) is 13.8 Å². The van der Waals surface area contributed by atoms with E-state index in [1.54, 1.807) is 0 Å². The maximum absolute atomic E-state index is 5.75. The third kappa shape index (κ3) is 3.36. The highest BCUT2D eigenvalue weighted by Crippen LogP contribution is 2.22. The number of hydrogen-bond acceptors (Lipinski definition) is 3. The molecule has 3 nitrogen and oxygen atoms in total. The van der Waals surface area contributed by atoms with Crippen molar-refractivity contribution in [3.63, 3.8) is 0 Å². The number of nitrogens with zero attached hydrogens (tertiary/aromatic N) is 2. The first-order valence-electron chi connectivity index (χ1n) is 3.90. The summed E-state index contributed by atoms with van der Waals surface area (Å²) < 4.78 is 5.34. The lowest BCUT2D eigenvalue weighted by atomic mass is 10.2. The molecular weight excluding hydrogens is 211 g/mol. The van der Waals surface area contributed by atoms with Gasteiger partial charge in [0, 0.05) is 0 Å². The summed E-state index contributed by atoms with van der Waals surface area (Å²) in [5.74, 6) is 0.909. The Morgan fingerprint density at radius 1 is 1.46 bits per heavy atom. The van der Waals surface area contributed by atoms with Gasteiger partial charge in [0.15, 0.2) is 10.9 Å². The number of aromatic nitrogens is 2. The molecule has 0 spiro atoms. The maximum Gasteiger partial charge on any atom is 0.224 e. The molecule has 0 aliphatic carbocycles. The topological polar surface area (TPSA) is 35.0 Å². The van der Waals surface area contributed by atoms with E-state index in [1.807, 2.05) is 13.8 Å². The Balaban J connectivity index is 2.67. The van der Waals surface area contributed by atoms with Crippen LogP contribution in [0.25, 0.3) is 0 Å². The molecule has 0 saturated heterocycles. The molecule has 72 valence electrons. The quantitative estimate of drug-likeness (QED) is 0.581. The SMILES string of the molecule is CC(C)COc1cnc(Cl)nc1Cl. The average Bonchev–Trinajstić information content (AvgIpc) is 2.02. The molecule has 13 heavy (non-hydrogen) atoms. The lowest BCUT2D eigenvalue weighted by Gasteiger charge is -2.08. The van der Waals surface area contributed by atoms with Crippen molar-refractivity contribution < 1.29 is 4.74 Å². The van der Waals surface area contributed by atoms with E-state index in [-0.39, 0.29) is 10.4 Å². The van der Waals surface area contributed by atoms with Gasteiger partial charge in [0.1, 0.15) is 0 Å². The van der Waals surface area contributed by atoms with Gasteiger partial charge in [0.25, 0.3) is 0 Å². The molecule has 0 aliphatic heterocycles. The van der Waals surface area contributed by atoms with E-state index in [1.165, 1.54) is 6.20 Å².